The summed E-state index contributed by atoms with van der Waals surface area (Å²) >= 11 is 0. The first-order chi connectivity index (χ1) is 8.93. The van der Waals surface area contributed by atoms with Crippen LogP contribution < -0.4 is 0 Å². The molecule has 19 heavy (non-hydrogen) atoms. The Balaban J connectivity index is 2.32. The summed E-state index contributed by atoms with van der Waals surface area (Å²) < 4.78 is 2.40. The molecule has 2 heterocycles. The van der Waals surface area contributed by atoms with E-state index in [1.54, 1.807) is 5.56 Å². The van der Waals surface area contributed by atoms with Crippen molar-refractivity contribution in [3.05, 3.63) is 41.2 Å². The van der Waals surface area contributed by atoms with Gasteiger partial charge in [-0.3, -0.25) is 0 Å². The molecular weight excluding hydrogens is 232 g/mol. The molecule has 1 unspecified atom stereocenters. The zero-order valence-electron chi connectivity index (χ0n) is 12.7. The highest BCUT2D eigenvalue weighted by atomic mass is 15.1. The van der Waals surface area contributed by atoms with Gasteiger partial charge >= 0.3 is 0 Å². The molecule has 2 heteroatoms. The number of aryl methyl sites for hydroxylation is 2. The number of hydrogen-bond donors (Lipinski definition) is 0. The smallest absolute Gasteiger partial charge is 0.0485 e. The zero-order chi connectivity index (χ0) is 13.8. The van der Waals surface area contributed by atoms with Crippen LogP contribution >= 0.6 is 0 Å². The van der Waals surface area contributed by atoms with E-state index < -0.39 is 0 Å². The van der Waals surface area contributed by atoms with Crippen LogP contribution in [0.2, 0.25) is 0 Å². The minimum Gasteiger partial charge on any atom is -0.320 e. The van der Waals surface area contributed by atoms with E-state index in [4.69, 9.17) is 0 Å². The molecule has 0 aromatic carbocycles. The molecule has 0 fully saturated rings. The van der Waals surface area contributed by atoms with Crippen LogP contribution in [0, 0.1) is 12.3 Å². The minimum atomic E-state index is 0.339. The van der Waals surface area contributed by atoms with Gasteiger partial charge in [-0.25, -0.2) is 0 Å². The molecule has 0 saturated carbocycles. The largest absolute Gasteiger partial charge is 0.320 e. The summed E-state index contributed by atoms with van der Waals surface area (Å²) in [5.74, 6) is 0. The fourth-order valence-corrected chi connectivity index (χ4v) is 4.01. The summed E-state index contributed by atoms with van der Waals surface area (Å²) in [7, 11) is 4.42. The monoisotopic (exact) mass is 256 g/mol. The lowest BCUT2D eigenvalue weighted by Crippen LogP contribution is -2.37. The maximum Gasteiger partial charge on any atom is 0.0485 e. The van der Waals surface area contributed by atoms with Crippen LogP contribution in [0.3, 0.4) is 0 Å². The Labute approximate surface area is 116 Å². The van der Waals surface area contributed by atoms with Crippen LogP contribution in [0.4, 0.5) is 0 Å². The van der Waals surface area contributed by atoms with Gasteiger partial charge in [0.1, 0.15) is 0 Å². The van der Waals surface area contributed by atoms with Crippen molar-refractivity contribution >= 4 is 5.52 Å². The van der Waals surface area contributed by atoms with Crippen molar-refractivity contribution < 1.29 is 0 Å². The van der Waals surface area contributed by atoms with E-state index in [-0.39, 0.29) is 0 Å². The van der Waals surface area contributed by atoms with Gasteiger partial charge in [-0.2, -0.15) is 0 Å². The Hall–Kier alpha value is -1.28. The molecule has 2 nitrogen and oxygen atoms in total. The predicted molar refractivity (Wildman–Crippen MR) is 80.7 cm³/mol. The molecule has 102 valence electrons. The third kappa shape index (κ3) is 1.73. The van der Waals surface area contributed by atoms with E-state index in [0.717, 1.165) is 0 Å². The molecule has 1 aliphatic rings. The van der Waals surface area contributed by atoms with Crippen molar-refractivity contribution in [2.75, 3.05) is 14.1 Å². The highest BCUT2D eigenvalue weighted by Gasteiger charge is 2.40. The highest BCUT2D eigenvalue weighted by Crippen LogP contribution is 2.48. The predicted octanol–water partition coefficient (Wildman–Crippen LogP) is 3.82. The van der Waals surface area contributed by atoms with Gasteiger partial charge in [-0.05, 0) is 62.5 Å². The summed E-state index contributed by atoms with van der Waals surface area (Å²) in [6.07, 6.45) is 4.65. The molecule has 0 aliphatic heterocycles. The standard InChI is InChI=1S/C17H24N2/c1-12-13-8-6-7-11-19(13)14-9-10-17(2,3)16(15(12)14)18(4)5/h6-8,11,16H,9-10H2,1-5H3. The summed E-state index contributed by atoms with van der Waals surface area (Å²) in [5, 5.41) is 0. The molecular formula is C17H24N2. The molecule has 0 N–H and O–H groups in total. The highest BCUT2D eigenvalue weighted by molar-refractivity contribution is 5.63. The van der Waals surface area contributed by atoms with Crippen molar-refractivity contribution in [3.8, 4) is 0 Å². The average Bonchev–Trinajstić information content (AvgIpc) is 2.62. The van der Waals surface area contributed by atoms with E-state index in [1.807, 2.05) is 0 Å². The first-order valence-corrected chi connectivity index (χ1v) is 7.18. The lowest BCUT2D eigenvalue weighted by molar-refractivity contribution is 0.113. The van der Waals surface area contributed by atoms with Gasteiger partial charge in [0.15, 0.2) is 0 Å². The summed E-state index contributed by atoms with van der Waals surface area (Å²) in [6, 6.07) is 7.03. The Morgan fingerprint density at radius 3 is 2.68 bits per heavy atom. The topological polar surface area (TPSA) is 7.65 Å². The SMILES string of the molecule is Cc1c2c(n3ccccc13)CCC(C)(C)C2N(C)C. The molecule has 0 saturated heterocycles. The Bertz CT molecular complexity index is 619. The van der Waals surface area contributed by atoms with Crippen molar-refractivity contribution in [1.82, 2.24) is 9.30 Å². The van der Waals surface area contributed by atoms with Gasteiger partial charge in [0.05, 0.1) is 0 Å². The van der Waals surface area contributed by atoms with Crippen LogP contribution in [0.15, 0.2) is 24.4 Å². The van der Waals surface area contributed by atoms with E-state index >= 15 is 0 Å². The van der Waals surface area contributed by atoms with E-state index in [9.17, 15) is 0 Å². The van der Waals surface area contributed by atoms with Gasteiger partial charge in [-0.15, -0.1) is 0 Å². The number of rotatable bonds is 1. The number of fused-ring (bicyclic) bond motifs is 3. The van der Waals surface area contributed by atoms with Crippen LogP contribution in [0.25, 0.3) is 5.52 Å². The quantitative estimate of drug-likeness (QED) is 0.752. The Morgan fingerprint density at radius 2 is 2.00 bits per heavy atom. The van der Waals surface area contributed by atoms with Gasteiger partial charge in [0.2, 0.25) is 0 Å². The second-order valence-corrected chi connectivity index (χ2v) is 6.80. The van der Waals surface area contributed by atoms with E-state index in [0.29, 0.717) is 11.5 Å². The number of nitrogens with zero attached hydrogens (tertiary/aromatic N) is 2. The molecule has 1 atom stereocenters. The van der Waals surface area contributed by atoms with Gasteiger partial charge in [-0.1, -0.05) is 19.9 Å². The van der Waals surface area contributed by atoms with Crippen molar-refractivity contribution in [3.63, 3.8) is 0 Å². The van der Waals surface area contributed by atoms with Crippen molar-refractivity contribution in [1.29, 1.82) is 0 Å². The van der Waals surface area contributed by atoms with Crippen LogP contribution in [-0.2, 0) is 6.42 Å². The lowest BCUT2D eigenvalue weighted by Gasteiger charge is -2.43. The van der Waals surface area contributed by atoms with Crippen molar-refractivity contribution in [2.45, 2.75) is 39.7 Å². The summed E-state index contributed by atoms with van der Waals surface area (Å²) in [5.41, 5.74) is 6.25. The summed E-state index contributed by atoms with van der Waals surface area (Å²) in [6.45, 7) is 7.09. The maximum absolute atomic E-state index is 2.41. The maximum atomic E-state index is 2.41. The van der Waals surface area contributed by atoms with Crippen LogP contribution in [0.5, 0.6) is 0 Å². The second-order valence-electron chi connectivity index (χ2n) is 6.80. The fraction of sp³-hybridized carbons (Fsp3) is 0.529. The average molecular weight is 256 g/mol. The van der Waals surface area contributed by atoms with Gasteiger partial charge < -0.3 is 9.30 Å². The lowest BCUT2D eigenvalue weighted by atomic mass is 9.71. The molecule has 1 aliphatic carbocycles. The number of hydrogen-bond acceptors (Lipinski definition) is 1. The Morgan fingerprint density at radius 1 is 1.26 bits per heavy atom. The van der Waals surface area contributed by atoms with Crippen LogP contribution in [0.1, 0.15) is 43.1 Å². The third-order valence-corrected chi connectivity index (χ3v) is 4.79. The molecule has 0 spiro atoms. The van der Waals surface area contributed by atoms with Gasteiger partial charge in [0.25, 0.3) is 0 Å². The first kappa shape index (κ1) is 12.7. The molecule has 0 amide bonds. The Kier molecular flexibility index (Phi) is 2.75. The van der Waals surface area contributed by atoms with E-state index in [1.165, 1.54) is 29.6 Å². The molecule has 2 aromatic heterocycles. The molecule has 0 radical (unpaired) electrons. The van der Waals surface area contributed by atoms with E-state index in [2.05, 4.69) is 68.6 Å². The number of pyridine rings is 1. The summed E-state index contributed by atoms with van der Waals surface area (Å²) in [4.78, 5) is 2.39. The fourth-order valence-electron chi connectivity index (χ4n) is 4.01. The molecule has 2 aromatic rings. The normalized spacial score (nSPS) is 21.9. The first-order valence-electron chi connectivity index (χ1n) is 7.18. The molecule has 3 rings (SSSR count). The third-order valence-electron chi connectivity index (χ3n) is 4.79. The van der Waals surface area contributed by atoms with Crippen LogP contribution in [-0.4, -0.2) is 23.4 Å². The number of aromatic nitrogens is 1. The van der Waals surface area contributed by atoms with Crippen molar-refractivity contribution in [2.24, 2.45) is 5.41 Å². The van der Waals surface area contributed by atoms with Gasteiger partial charge in [0, 0.05) is 23.4 Å². The molecule has 0 bridgehead atoms. The second kappa shape index (κ2) is 4.11. The minimum absolute atomic E-state index is 0.339. The zero-order valence-corrected chi connectivity index (χ0v) is 12.7.